The fourth-order valence-corrected chi connectivity index (χ4v) is 4.37. The molecule has 3 heterocycles. The lowest BCUT2D eigenvalue weighted by Crippen LogP contribution is -2.41. The van der Waals surface area contributed by atoms with Crippen LogP contribution in [-0.2, 0) is 4.79 Å². The molecule has 0 radical (unpaired) electrons. The molecular formula is C22H27N5OS. The molecule has 0 bridgehead atoms. The molecule has 0 aliphatic carbocycles. The molecule has 1 amide bonds. The second kappa shape index (κ2) is 8.88. The van der Waals surface area contributed by atoms with E-state index in [1.165, 1.54) is 0 Å². The van der Waals surface area contributed by atoms with E-state index in [9.17, 15) is 4.79 Å². The highest BCUT2D eigenvalue weighted by atomic mass is 32.1. The van der Waals surface area contributed by atoms with Crippen LogP contribution >= 0.6 is 11.3 Å². The van der Waals surface area contributed by atoms with Crippen molar-refractivity contribution >= 4 is 34.0 Å². The molecule has 0 atom stereocenters. The molecule has 6 nitrogen and oxygen atoms in total. The van der Waals surface area contributed by atoms with Crippen molar-refractivity contribution in [3.05, 3.63) is 41.1 Å². The maximum atomic E-state index is 12.2. The predicted molar refractivity (Wildman–Crippen MR) is 119 cm³/mol. The lowest BCUT2D eigenvalue weighted by Gasteiger charge is -2.24. The van der Waals surface area contributed by atoms with E-state index in [-0.39, 0.29) is 11.9 Å². The van der Waals surface area contributed by atoms with E-state index < -0.39 is 0 Å². The molecule has 1 saturated heterocycles. The van der Waals surface area contributed by atoms with Gasteiger partial charge in [-0.1, -0.05) is 12.1 Å². The summed E-state index contributed by atoms with van der Waals surface area (Å²) in [6.07, 6.45) is 1.00. The number of rotatable bonds is 5. The van der Waals surface area contributed by atoms with Gasteiger partial charge in [-0.2, -0.15) is 11.3 Å². The summed E-state index contributed by atoms with van der Waals surface area (Å²) in [5, 5.41) is 8.21. The highest BCUT2D eigenvalue weighted by Crippen LogP contribution is 2.29. The highest BCUT2D eigenvalue weighted by Gasteiger charge is 2.21. The van der Waals surface area contributed by atoms with Gasteiger partial charge in [0.2, 0.25) is 5.91 Å². The summed E-state index contributed by atoms with van der Waals surface area (Å²) in [6.45, 7) is 7.98. The smallest absolute Gasteiger partial charge is 0.234 e. The number of benzene rings is 1. The molecule has 0 spiro atoms. The van der Waals surface area contributed by atoms with Gasteiger partial charge in [0, 0.05) is 48.6 Å². The Morgan fingerprint density at radius 2 is 2.00 bits per heavy atom. The molecule has 4 rings (SSSR count). The standard InChI is InChI=1S/C22H27N5OS/c1-16(2)23-20(28)14-26-9-5-10-27(12-11-26)22-18-6-3-4-7-19(18)24-21(25-22)17-8-13-29-15-17/h3-4,6-8,13,15-16H,5,9-12,14H2,1-2H3,(H,23,28). The SMILES string of the molecule is CC(C)NC(=O)CN1CCCN(c2nc(-c3ccsc3)nc3ccccc23)CC1. The van der Waals surface area contributed by atoms with E-state index in [2.05, 4.69) is 44.1 Å². The number of amides is 1. The maximum absolute atomic E-state index is 12.2. The van der Waals surface area contributed by atoms with Crippen LogP contribution in [0.5, 0.6) is 0 Å². The summed E-state index contributed by atoms with van der Waals surface area (Å²) in [5.41, 5.74) is 2.03. The van der Waals surface area contributed by atoms with Crippen molar-refractivity contribution in [2.45, 2.75) is 26.3 Å². The molecule has 1 fully saturated rings. The molecule has 1 aromatic carbocycles. The Morgan fingerprint density at radius 1 is 1.14 bits per heavy atom. The van der Waals surface area contributed by atoms with Gasteiger partial charge in [0.15, 0.2) is 5.82 Å². The molecule has 1 N–H and O–H groups in total. The van der Waals surface area contributed by atoms with Crippen LogP contribution in [0.3, 0.4) is 0 Å². The Hall–Kier alpha value is -2.51. The third-order valence-electron chi connectivity index (χ3n) is 5.07. The first-order chi connectivity index (χ1) is 14.1. The maximum Gasteiger partial charge on any atom is 0.234 e. The number of nitrogens with zero attached hydrogens (tertiary/aromatic N) is 4. The van der Waals surface area contributed by atoms with Gasteiger partial charge < -0.3 is 10.2 Å². The monoisotopic (exact) mass is 409 g/mol. The number of carbonyl (C=O) groups is 1. The molecule has 1 aliphatic heterocycles. The van der Waals surface area contributed by atoms with E-state index in [0.29, 0.717) is 6.54 Å². The third-order valence-corrected chi connectivity index (χ3v) is 5.75. The Kier molecular flexibility index (Phi) is 6.06. The van der Waals surface area contributed by atoms with Crippen LogP contribution < -0.4 is 10.2 Å². The van der Waals surface area contributed by atoms with E-state index in [1.54, 1.807) is 11.3 Å². The second-order valence-corrected chi connectivity index (χ2v) is 8.52. The average molecular weight is 410 g/mol. The van der Waals surface area contributed by atoms with Gasteiger partial charge in [-0.15, -0.1) is 0 Å². The van der Waals surface area contributed by atoms with Crippen molar-refractivity contribution in [1.82, 2.24) is 20.2 Å². The Morgan fingerprint density at radius 3 is 2.79 bits per heavy atom. The van der Waals surface area contributed by atoms with E-state index >= 15 is 0 Å². The van der Waals surface area contributed by atoms with E-state index in [1.807, 2.05) is 26.0 Å². The average Bonchev–Trinajstić information content (AvgIpc) is 3.14. The zero-order chi connectivity index (χ0) is 20.2. The number of nitrogens with one attached hydrogen (secondary N) is 1. The Labute approximate surface area is 175 Å². The van der Waals surface area contributed by atoms with Crippen LogP contribution in [-0.4, -0.2) is 59.5 Å². The summed E-state index contributed by atoms with van der Waals surface area (Å²) in [7, 11) is 0. The van der Waals surface area contributed by atoms with Crippen LogP contribution in [0.15, 0.2) is 41.1 Å². The highest BCUT2D eigenvalue weighted by molar-refractivity contribution is 7.08. The molecule has 7 heteroatoms. The van der Waals surface area contributed by atoms with Crippen molar-refractivity contribution < 1.29 is 4.79 Å². The number of hydrogen-bond donors (Lipinski definition) is 1. The summed E-state index contributed by atoms with van der Waals surface area (Å²) < 4.78 is 0. The van der Waals surface area contributed by atoms with Crippen LogP contribution in [0.25, 0.3) is 22.3 Å². The van der Waals surface area contributed by atoms with Crippen molar-refractivity contribution in [2.24, 2.45) is 0 Å². The van der Waals surface area contributed by atoms with Gasteiger partial charge in [0.05, 0.1) is 12.1 Å². The molecule has 1 aliphatic rings. The minimum atomic E-state index is 0.0979. The minimum absolute atomic E-state index is 0.0979. The number of thiophene rings is 1. The first kappa shape index (κ1) is 19.8. The summed E-state index contributed by atoms with van der Waals surface area (Å²) in [6, 6.07) is 10.5. The summed E-state index contributed by atoms with van der Waals surface area (Å²) in [4.78, 5) is 26.5. The van der Waals surface area contributed by atoms with Gasteiger partial charge in [-0.05, 0) is 43.8 Å². The Bertz CT molecular complexity index is 973. The normalized spacial score (nSPS) is 15.6. The lowest BCUT2D eigenvalue weighted by molar-refractivity contribution is -0.122. The summed E-state index contributed by atoms with van der Waals surface area (Å²) >= 11 is 1.66. The van der Waals surface area contributed by atoms with Crippen LogP contribution in [0, 0.1) is 0 Å². The first-order valence-corrected chi connectivity index (χ1v) is 11.1. The van der Waals surface area contributed by atoms with Gasteiger partial charge in [0.1, 0.15) is 5.82 Å². The van der Waals surface area contributed by atoms with Gasteiger partial charge in [0.25, 0.3) is 0 Å². The van der Waals surface area contributed by atoms with Gasteiger partial charge in [-0.3, -0.25) is 9.69 Å². The zero-order valence-corrected chi connectivity index (χ0v) is 17.8. The van der Waals surface area contributed by atoms with Crippen molar-refractivity contribution in [2.75, 3.05) is 37.6 Å². The van der Waals surface area contributed by atoms with Crippen LogP contribution in [0.2, 0.25) is 0 Å². The third kappa shape index (κ3) is 4.74. The van der Waals surface area contributed by atoms with Crippen molar-refractivity contribution in [3.8, 4) is 11.4 Å². The van der Waals surface area contributed by atoms with Gasteiger partial charge >= 0.3 is 0 Å². The zero-order valence-electron chi connectivity index (χ0n) is 17.0. The predicted octanol–water partition coefficient (Wildman–Crippen LogP) is 3.40. The van der Waals surface area contributed by atoms with Crippen LogP contribution in [0.4, 0.5) is 5.82 Å². The lowest BCUT2D eigenvalue weighted by atomic mass is 10.2. The molecule has 2 aromatic heterocycles. The molecule has 0 saturated carbocycles. The molecule has 29 heavy (non-hydrogen) atoms. The molecule has 152 valence electrons. The molecule has 0 unspecified atom stereocenters. The van der Waals surface area contributed by atoms with Gasteiger partial charge in [-0.25, -0.2) is 9.97 Å². The molecule has 3 aromatic rings. The topological polar surface area (TPSA) is 61.4 Å². The summed E-state index contributed by atoms with van der Waals surface area (Å²) in [5.74, 6) is 1.86. The number of anilines is 1. The van der Waals surface area contributed by atoms with E-state index in [4.69, 9.17) is 9.97 Å². The fraction of sp³-hybridized carbons (Fsp3) is 0.409. The van der Waals surface area contributed by atoms with Crippen molar-refractivity contribution in [1.29, 1.82) is 0 Å². The fourth-order valence-electron chi connectivity index (χ4n) is 3.73. The quantitative estimate of drug-likeness (QED) is 0.700. The number of hydrogen-bond acceptors (Lipinski definition) is 6. The Balaban J connectivity index is 1.57. The van der Waals surface area contributed by atoms with Crippen molar-refractivity contribution in [3.63, 3.8) is 0 Å². The number of aromatic nitrogens is 2. The first-order valence-electron chi connectivity index (χ1n) is 10.2. The largest absolute Gasteiger partial charge is 0.355 e. The second-order valence-electron chi connectivity index (χ2n) is 7.74. The number of para-hydroxylation sites is 1. The minimum Gasteiger partial charge on any atom is -0.355 e. The van der Waals surface area contributed by atoms with E-state index in [0.717, 1.165) is 60.7 Å². The number of carbonyl (C=O) groups excluding carboxylic acids is 1. The molecular weight excluding hydrogens is 382 g/mol. The van der Waals surface area contributed by atoms with Crippen LogP contribution in [0.1, 0.15) is 20.3 Å². The number of fused-ring (bicyclic) bond motifs is 1.